The summed E-state index contributed by atoms with van der Waals surface area (Å²) in [5.74, 6) is 0. The first-order valence-electron chi connectivity index (χ1n) is 5.08. The predicted octanol–water partition coefficient (Wildman–Crippen LogP) is 2.15. The third-order valence-electron chi connectivity index (χ3n) is 2.67. The minimum absolute atomic E-state index is 0.320. The second kappa shape index (κ2) is 4.29. The molecule has 1 unspecified atom stereocenters. The van der Waals surface area contributed by atoms with Crippen LogP contribution < -0.4 is 10.6 Å². The van der Waals surface area contributed by atoms with E-state index in [1.807, 2.05) is 18.2 Å². The van der Waals surface area contributed by atoms with Gasteiger partial charge in [-0.2, -0.15) is 0 Å². The molecule has 1 saturated heterocycles. The van der Waals surface area contributed by atoms with Crippen LogP contribution in [0.25, 0.3) is 0 Å². The lowest BCUT2D eigenvalue weighted by Crippen LogP contribution is -2.44. The van der Waals surface area contributed by atoms with Crippen LogP contribution in [0.1, 0.15) is 6.92 Å². The number of para-hydroxylation sites is 1. The van der Waals surface area contributed by atoms with Gasteiger partial charge in [0.2, 0.25) is 0 Å². The van der Waals surface area contributed by atoms with E-state index in [4.69, 9.17) is 22.1 Å². The summed E-state index contributed by atoms with van der Waals surface area (Å²) >= 11 is 6.17. The highest BCUT2D eigenvalue weighted by Crippen LogP contribution is 2.33. The molecule has 0 amide bonds. The standard InChI is InChI=1S/C11H15ClN2O/c1-8-7-15-6-5-14(8)11-9(12)3-2-4-10(11)13/h2-4,8H,5-7,13H2,1H3. The summed E-state index contributed by atoms with van der Waals surface area (Å²) in [6.45, 7) is 4.41. The highest BCUT2D eigenvalue weighted by Gasteiger charge is 2.22. The lowest BCUT2D eigenvalue weighted by molar-refractivity contribution is 0.0990. The molecular weight excluding hydrogens is 212 g/mol. The molecule has 1 aromatic rings. The van der Waals surface area contributed by atoms with Gasteiger partial charge in [0, 0.05) is 12.6 Å². The number of rotatable bonds is 1. The van der Waals surface area contributed by atoms with Crippen LogP contribution >= 0.6 is 11.6 Å². The van der Waals surface area contributed by atoms with Crippen molar-refractivity contribution in [3.05, 3.63) is 23.2 Å². The zero-order valence-corrected chi connectivity index (χ0v) is 9.50. The van der Waals surface area contributed by atoms with Crippen molar-refractivity contribution in [2.24, 2.45) is 0 Å². The van der Waals surface area contributed by atoms with Crippen LogP contribution in [0, 0.1) is 0 Å². The SMILES string of the molecule is CC1COCCN1c1c(N)cccc1Cl. The molecule has 1 fully saturated rings. The normalized spacial score (nSPS) is 21.7. The number of nitrogens with two attached hydrogens (primary N) is 1. The molecule has 2 N–H and O–H groups in total. The second-order valence-corrected chi connectivity index (χ2v) is 4.20. The first kappa shape index (κ1) is 10.6. The molecule has 1 atom stereocenters. The zero-order chi connectivity index (χ0) is 10.8. The fraction of sp³-hybridized carbons (Fsp3) is 0.455. The van der Waals surface area contributed by atoms with Gasteiger partial charge < -0.3 is 15.4 Å². The Kier molecular flexibility index (Phi) is 3.03. The molecular formula is C11H15ClN2O. The third-order valence-corrected chi connectivity index (χ3v) is 2.98. The fourth-order valence-electron chi connectivity index (χ4n) is 1.89. The Bertz CT molecular complexity index is 336. The van der Waals surface area contributed by atoms with E-state index < -0.39 is 0 Å². The summed E-state index contributed by atoms with van der Waals surface area (Å²) in [7, 11) is 0. The average Bonchev–Trinajstić information content (AvgIpc) is 2.20. The number of morpholine rings is 1. The molecule has 1 aliphatic heterocycles. The number of nitrogens with zero attached hydrogens (tertiary/aromatic N) is 1. The number of benzene rings is 1. The van der Waals surface area contributed by atoms with E-state index >= 15 is 0 Å². The van der Waals surface area contributed by atoms with Crippen molar-refractivity contribution < 1.29 is 4.74 Å². The van der Waals surface area contributed by atoms with E-state index in [0.29, 0.717) is 11.1 Å². The molecule has 0 radical (unpaired) electrons. The molecule has 1 aliphatic rings. The predicted molar refractivity (Wildman–Crippen MR) is 63.5 cm³/mol. The monoisotopic (exact) mass is 226 g/mol. The largest absolute Gasteiger partial charge is 0.397 e. The van der Waals surface area contributed by atoms with Gasteiger partial charge in [0.25, 0.3) is 0 Å². The molecule has 4 heteroatoms. The van der Waals surface area contributed by atoms with Gasteiger partial charge in [-0.15, -0.1) is 0 Å². The van der Waals surface area contributed by atoms with Crippen LogP contribution in [-0.2, 0) is 4.74 Å². The molecule has 1 heterocycles. The average molecular weight is 227 g/mol. The molecule has 0 bridgehead atoms. The number of halogens is 1. The van der Waals surface area contributed by atoms with Crippen LogP contribution in [0.4, 0.5) is 11.4 Å². The summed E-state index contributed by atoms with van der Waals surface area (Å²) in [4.78, 5) is 2.21. The number of anilines is 2. The third kappa shape index (κ3) is 2.03. The van der Waals surface area contributed by atoms with Crippen LogP contribution in [0.2, 0.25) is 5.02 Å². The van der Waals surface area contributed by atoms with Crippen molar-refractivity contribution >= 4 is 23.0 Å². The van der Waals surface area contributed by atoms with Gasteiger partial charge in [-0.1, -0.05) is 17.7 Å². The lowest BCUT2D eigenvalue weighted by atomic mass is 10.2. The topological polar surface area (TPSA) is 38.5 Å². The summed E-state index contributed by atoms with van der Waals surface area (Å²) in [6, 6.07) is 5.94. The van der Waals surface area contributed by atoms with E-state index in [2.05, 4.69) is 11.8 Å². The maximum Gasteiger partial charge on any atom is 0.0793 e. The molecule has 82 valence electrons. The minimum atomic E-state index is 0.320. The van der Waals surface area contributed by atoms with Crippen molar-refractivity contribution in [2.75, 3.05) is 30.4 Å². The van der Waals surface area contributed by atoms with Crippen molar-refractivity contribution in [2.45, 2.75) is 13.0 Å². The molecule has 0 aromatic heterocycles. The van der Waals surface area contributed by atoms with Crippen molar-refractivity contribution in [1.29, 1.82) is 0 Å². The maximum atomic E-state index is 6.17. The van der Waals surface area contributed by atoms with E-state index in [1.165, 1.54) is 0 Å². The quantitative estimate of drug-likeness (QED) is 0.746. The first-order chi connectivity index (χ1) is 7.20. The van der Waals surface area contributed by atoms with Gasteiger partial charge in [0.1, 0.15) is 0 Å². The maximum absolute atomic E-state index is 6.17. The highest BCUT2D eigenvalue weighted by atomic mass is 35.5. The Morgan fingerprint density at radius 2 is 2.33 bits per heavy atom. The van der Waals surface area contributed by atoms with Crippen molar-refractivity contribution in [1.82, 2.24) is 0 Å². The summed E-state index contributed by atoms with van der Waals surface area (Å²) in [5.41, 5.74) is 7.62. The lowest BCUT2D eigenvalue weighted by Gasteiger charge is -2.36. The zero-order valence-electron chi connectivity index (χ0n) is 8.74. The van der Waals surface area contributed by atoms with Crippen LogP contribution in [0.3, 0.4) is 0 Å². The van der Waals surface area contributed by atoms with E-state index in [9.17, 15) is 0 Å². The fourth-order valence-corrected chi connectivity index (χ4v) is 2.18. The molecule has 15 heavy (non-hydrogen) atoms. The smallest absolute Gasteiger partial charge is 0.0793 e. The van der Waals surface area contributed by atoms with E-state index in [-0.39, 0.29) is 0 Å². The van der Waals surface area contributed by atoms with Crippen LogP contribution in [-0.4, -0.2) is 25.8 Å². The Morgan fingerprint density at radius 1 is 1.53 bits per heavy atom. The Balaban J connectivity index is 2.35. The number of ether oxygens (including phenoxy) is 1. The van der Waals surface area contributed by atoms with Gasteiger partial charge >= 0.3 is 0 Å². The summed E-state index contributed by atoms with van der Waals surface area (Å²) < 4.78 is 5.39. The van der Waals surface area contributed by atoms with Crippen molar-refractivity contribution in [3.63, 3.8) is 0 Å². The van der Waals surface area contributed by atoms with Gasteiger partial charge in [-0.25, -0.2) is 0 Å². The van der Waals surface area contributed by atoms with Crippen molar-refractivity contribution in [3.8, 4) is 0 Å². The summed E-state index contributed by atoms with van der Waals surface area (Å²) in [5, 5.41) is 0.712. The number of nitrogen functional groups attached to an aromatic ring is 1. The highest BCUT2D eigenvalue weighted by molar-refractivity contribution is 6.34. The second-order valence-electron chi connectivity index (χ2n) is 3.80. The molecule has 0 saturated carbocycles. The first-order valence-corrected chi connectivity index (χ1v) is 5.46. The van der Waals surface area contributed by atoms with Gasteiger partial charge in [-0.05, 0) is 19.1 Å². The minimum Gasteiger partial charge on any atom is -0.397 e. The number of hydrogen-bond donors (Lipinski definition) is 1. The Hall–Kier alpha value is -0.930. The molecule has 3 nitrogen and oxygen atoms in total. The molecule has 0 aliphatic carbocycles. The summed E-state index contributed by atoms with van der Waals surface area (Å²) in [6.07, 6.45) is 0. The van der Waals surface area contributed by atoms with Gasteiger partial charge in [0.05, 0.1) is 29.6 Å². The Labute approximate surface area is 94.8 Å². The van der Waals surface area contributed by atoms with E-state index in [0.717, 1.165) is 31.1 Å². The van der Waals surface area contributed by atoms with E-state index in [1.54, 1.807) is 0 Å². The molecule has 0 spiro atoms. The van der Waals surface area contributed by atoms with Gasteiger partial charge in [0.15, 0.2) is 0 Å². The van der Waals surface area contributed by atoms with Crippen LogP contribution in [0.5, 0.6) is 0 Å². The molecule has 1 aromatic carbocycles. The van der Waals surface area contributed by atoms with Gasteiger partial charge in [-0.3, -0.25) is 0 Å². The number of hydrogen-bond acceptors (Lipinski definition) is 3. The molecule has 2 rings (SSSR count). The van der Waals surface area contributed by atoms with Crippen LogP contribution in [0.15, 0.2) is 18.2 Å². The Morgan fingerprint density at radius 3 is 3.00 bits per heavy atom.